The van der Waals surface area contributed by atoms with Crippen molar-refractivity contribution >= 4 is 59.4 Å². The Bertz CT molecular complexity index is 1860. The Labute approximate surface area is 426 Å². The third-order valence-corrected chi connectivity index (χ3v) is 14.6. The van der Waals surface area contributed by atoms with Crippen molar-refractivity contribution < 1.29 is 80.9 Å². The lowest BCUT2D eigenvalue weighted by atomic mass is 9.90. The molecule has 4 aliphatic heterocycles. The van der Waals surface area contributed by atoms with Gasteiger partial charge in [0.25, 0.3) is 5.91 Å². The molecule has 0 saturated carbocycles. The van der Waals surface area contributed by atoms with Crippen LogP contribution in [0.2, 0.25) is 0 Å². The van der Waals surface area contributed by atoms with E-state index in [4.69, 9.17) is 47.4 Å². The van der Waals surface area contributed by atoms with E-state index in [1.165, 1.54) is 26.2 Å². The standard InChI is InChI=1S/C15H28O6.C13H22N2O4.C12H19NO4.C10H18O3S/c1-8-13(2,3)12(16)19-9-11-10-20-14(4,17-6)15(5,18-7)21-11;1-7-12(2,3)10(17)19-8-15-11(18)14(6)9(16)13(15,4)5;1-6-12(4,5)11(15)16-7(2)9-10(14)17-8(3)13-9;1-4-10(2,3)9(11)13-8-7-14-6-5-12-8/h11H,8-10H2,1-7H3;7-8H2,1-6H3;7,9H,6H2,1-5H3;8H,4-7H2,1-3H3. The molecule has 3 fully saturated rings. The van der Waals surface area contributed by atoms with E-state index in [2.05, 4.69) is 4.99 Å². The van der Waals surface area contributed by atoms with Gasteiger partial charge in [0.1, 0.15) is 24.4 Å². The quantitative estimate of drug-likeness (QED) is 0.0782. The molecule has 4 rings (SSSR count). The summed E-state index contributed by atoms with van der Waals surface area (Å²) < 4.78 is 53.5. The van der Waals surface area contributed by atoms with Crippen LogP contribution in [0, 0.1) is 21.7 Å². The number of nitrogens with zero attached hydrogens (tertiary/aromatic N) is 3. The van der Waals surface area contributed by atoms with Crippen LogP contribution in [-0.4, -0.2) is 158 Å². The lowest BCUT2D eigenvalue weighted by Gasteiger charge is -2.48. The molecule has 6 unspecified atom stereocenters. The number of amides is 3. The van der Waals surface area contributed by atoms with Crippen LogP contribution >= 0.6 is 11.8 Å². The fraction of sp³-hybridized carbons (Fsp3) is 0.840. The van der Waals surface area contributed by atoms with Crippen molar-refractivity contribution in [2.24, 2.45) is 26.7 Å². The van der Waals surface area contributed by atoms with E-state index in [9.17, 15) is 33.6 Å². The van der Waals surface area contributed by atoms with Crippen LogP contribution in [0.25, 0.3) is 0 Å². The van der Waals surface area contributed by atoms with Gasteiger partial charge in [-0.15, -0.1) is 0 Å². The number of carbonyl (C=O) groups is 7. The molecule has 0 aromatic heterocycles. The van der Waals surface area contributed by atoms with Crippen LogP contribution < -0.4 is 0 Å². The highest BCUT2D eigenvalue weighted by Gasteiger charge is 2.54. The number of hydrogen-bond donors (Lipinski definition) is 0. The largest absolute Gasteiger partial charge is 0.462 e. The summed E-state index contributed by atoms with van der Waals surface area (Å²) in [6.07, 6.45) is 1.48. The molecule has 0 aromatic rings. The first-order valence-corrected chi connectivity index (χ1v) is 25.4. The number of imide groups is 1. The van der Waals surface area contributed by atoms with Crippen molar-refractivity contribution in [3.63, 3.8) is 0 Å². The average molecular weight is 1030 g/mol. The molecule has 0 aliphatic carbocycles. The number of cyclic esters (lactones) is 1. The van der Waals surface area contributed by atoms with Crippen molar-refractivity contribution in [1.29, 1.82) is 0 Å². The molecule has 410 valence electrons. The fourth-order valence-corrected chi connectivity index (χ4v) is 6.63. The third kappa shape index (κ3) is 17.6. The Morgan fingerprint density at radius 1 is 0.775 bits per heavy atom. The van der Waals surface area contributed by atoms with Crippen LogP contribution in [0.3, 0.4) is 0 Å². The van der Waals surface area contributed by atoms with Gasteiger partial charge in [-0.05, 0) is 116 Å². The average Bonchev–Trinajstić information content (AvgIpc) is 3.74. The minimum absolute atomic E-state index is 0.126. The number of carbonyl (C=O) groups excluding carboxylic acids is 7. The van der Waals surface area contributed by atoms with Crippen molar-refractivity contribution in [1.82, 2.24) is 9.80 Å². The van der Waals surface area contributed by atoms with Gasteiger partial charge in [-0.1, -0.05) is 27.7 Å². The molecule has 21 heteroatoms. The Hall–Kier alpha value is -3.89. The maximum absolute atomic E-state index is 12.0. The second kappa shape index (κ2) is 26.9. The second-order valence-corrected chi connectivity index (χ2v) is 22.1. The zero-order valence-corrected chi connectivity index (χ0v) is 47.4. The van der Waals surface area contributed by atoms with E-state index < -0.39 is 69.0 Å². The number of urea groups is 1. The molecule has 71 heavy (non-hydrogen) atoms. The Kier molecular flexibility index (Phi) is 24.7. The maximum Gasteiger partial charge on any atom is 0.341 e. The topological polar surface area (TPSA) is 231 Å². The van der Waals surface area contributed by atoms with Crippen LogP contribution in [0.15, 0.2) is 4.99 Å². The summed E-state index contributed by atoms with van der Waals surface area (Å²) in [5.41, 5.74) is -3.02. The number of esters is 5. The number of thioether (sulfide) groups is 1. The summed E-state index contributed by atoms with van der Waals surface area (Å²) >= 11 is 1.76. The molecular weight excluding hydrogens is 947 g/mol. The fourth-order valence-electron chi connectivity index (χ4n) is 5.89. The summed E-state index contributed by atoms with van der Waals surface area (Å²) in [5, 5.41) is 0. The van der Waals surface area contributed by atoms with Gasteiger partial charge >= 0.3 is 35.9 Å². The van der Waals surface area contributed by atoms with Crippen LogP contribution in [0.1, 0.15) is 150 Å². The lowest BCUT2D eigenvalue weighted by Crippen LogP contribution is -2.63. The smallest absolute Gasteiger partial charge is 0.341 e. The predicted molar refractivity (Wildman–Crippen MR) is 266 cm³/mol. The van der Waals surface area contributed by atoms with Crippen molar-refractivity contribution in [2.45, 2.75) is 192 Å². The van der Waals surface area contributed by atoms with Crippen molar-refractivity contribution in [2.75, 3.05) is 59.3 Å². The molecule has 20 nitrogen and oxygen atoms in total. The molecule has 3 amide bonds. The molecule has 4 heterocycles. The van der Waals surface area contributed by atoms with E-state index in [1.807, 2.05) is 69.2 Å². The van der Waals surface area contributed by atoms with Crippen LogP contribution in [0.4, 0.5) is 4.79 Å². The molecule has 6 atom stereocenters. The van der Waals surface area contributed by atoms with Crippen LogP contribution in [0.5, 0.6) is 0 Å². The second-order valence-electron chi connectivity index (χ2n) is 21.0. The molecule has 0 spiro atoms. The van der Waals surface area contributed by atoms with E-state index >= 15 is 0 Å². The van der Waals surface area contributed by atoms with Gasteiger partial charge in [-0.25, -0.2) is 14.6 Å². The minimum Gasteiger partial charge on any atom is -0.462 e. The number of likely N-dealkylation sites (N-methyl/N-ethyl adjacent to an activating group) is 1. The molecule has 0 N–H and O–H groups in total. The third-order valence-electron chi connectivity index (χ3n) is 13.6. The van der Waals surface area contributed by atoms with Gasteiger partial charge in [-0.2, -0.15) is 11.8 Å². The van der Waals surface area contributed by atoms with Gasteiger partial charge in [0.15, 0.2) is 18.7 Å². The Balaban J connectivity index is 0.000000478. The SMILES string of the molecule is CCC(C)(C)C(=O)OC(C)C1N=C(C)OC1=O.CCC(C)(C)C(=O)OC1CSCCO1.CCC(C)(C)C(=O)OCC1COC(C)(OC)C(C)(OC)O1.CCC(C)(C)C(=O)OCN1C(=O)N(C)C(=O)C1(C)C. The normalized spacial score (nSPS) is 24.9. The van der Waals surface area contributed by atoms with E-state index in [1.54, 1.807) is 67.2 Å². The predicted octanol–water partition coefficient (Wildman–Crippen LogP) is 7.46. The highest BCUT2D eigenvalue weighted by Crippen LogP contribution is 2.37. The molecular formula is C50H87N3O17S. The summed E-state index contributed by atoms with van der Waals surface area (Å²) in [4.78, 5) is 88.8. The summed E-state index contributed by atoms with van der Waals surface area (Å²) in [6, 6.07) is -1.18. The number of hydrogen-bond acceptors (Lipinski definition) is 19. The zero-order chi connectivity index (χ0) is 55.1. The Morgan fingerprint density at radius 3 is 1.69 bits per heavy atom. The first-order valence-electron chi connectivity index (χ1n) is 24.3. The molecule has 0 aromatic carbocycles. The Morgan fingerprint density at radius 2 is 1.27 bits per heavy atom. The van der Waals surface area contributed by atoms with Gasteiger partial charge in [-0.3, -0.25) is 33.8 Å². The number of aliphatic imine (C=N–C) groups is 1. The summed E-state index contributed by atoms with van der Waals surface area (Å²) in [5.74, 6) is -1.88. The molecule has 3 saturated heterocycles. The number of methoxy groups -OCH3 is 2. The van der Waals surface area contributed by atoms with Gasteiger partial charge in [0.2, 0.25) is 17.9 Å². The molecule has 0 bridgehead atoms. The highest BCUT2D eigenvalue weighted by atomic mass is 32.2. The number of rotatable bonds is 17. The first-order chi connectivity index (χ1) is 32.5. The molecule has 4 aliphatic rings. The van der Waals surface area contributed by atoms with Gasteiger partial charge < -0.3 is 47.4 Å². The number of ether oxygens (including phenoxy) is 10. The van der Waals surface area contributed by atoms with Crippen molar-refractivity contribution in [3.05, 3.63) is 0 Å². The summed E-state index contributed by atoms with van der Waals surface area (Å²) in [6.45, 7) is 33.3. The van der Waals surface area contributed by atoms with Gasteiger partial charge in [0.05, 0.1) is 40.6 Å². The van der Waals surface area contributed by atoms with Crippen LogP contribution in [-0.2, 0) is 76.1 Å². The minimum atomic E-state index is -1.07. The monoisotopic (exact) mass is 1030 g/mol. The lowest BCUT2D eigenvalue weighted by molar-refractivity contribution is -0.432. The maximum atomic E-state index is 12.0. The first kappa shape index (κ1) is 65.1. The summed E-state index contributed by atoms with van der Waals surface area (Å²) in [7, 11) is 4.48. The van der Waals surface area contributed by atoms with Crippen molar-refractivity contribution in [3.8, 4) is 0 Å². The van der Waals surface area contributed by atoms with E-state index in [0.717, 1.165) is 22.8 Å². The highest BCUT2D eigenvalue weighted by molar-refractivity contribution is 7.99. The van der Waals surface area contributed by atoms with Gasteiger partial charge in [0, 0.05) is 33.9 Å². The van der Waals surface area contributed by atoms with E-state index in [0.29, 0.717) is 31.8 Å². The van der Waals surface area contributed by atoms with E-state index in [-0.39, 0.29) is 56.0 Å². The molecule has 0 radical (unpaired) electrons. The zero-order valence-electron chi connectivity index (χ0n) is 46.6.